The molecule has 0 bridgehead atoms. The van der Waals surface area contributed by atoms with Gasteiger partial charge in [0.05, 0.1) is 0 Å². The molecule has 1 fully saturated rings. The van der Waals surface area contributed by atoms with Crippen LogP contribution in [0.3, 0.4) is 0 Å². The second-order valence-corrected chi connectivity index (χ2v) is 7.42. The summed E-state index contributed by atoms with van der Waals surface area (Å²) >= 11 is 0. The normalized spacial score (nSPS) is 16.0. The summed E-state index contributed by atoms with van der Waals surface area (Å²) in [7, 11) is 0. The predicted molar refractivity (Wildman–Crippen MR) is 96.0 cm³/mol. The van der Waals surface area contributed by atoms with E-state index in [4.69, 9.17) is 4.74 Å². The lowest BCUT2D eigenvalue weighted by molar-refractivity contribution is 0.0636. The lowest BCUT2D eigenvalue weighted by atomic mass is 9.87. The zero-order valence-electron chi connectivity index (χ0n) is 14.7. The van der Waals surface area contributed by atoms with Gasteiger partial charge in [-0.25, -0.2) is 4.79 Å². The lowest BCUT2D eigenvalue weighted by Crippen LogP contribution is -2.27. The van der Waals surface area contributed by atoms with E-state index >= 15 is 0 Å². The molecule has 0 spiro atoms. The van der Waals surface area contributed by atoms with Gasteiger partial charge in [-0.1, -0.05) is 32.1 Å². The molecule has 1 aromatic carbocycles. The first-order chi connectivity index (χ1) is 10.9. The molecule has 0 aromatic heterocycles. The molecular formula is C19H30N2O2. The van der Waals surface area contributed by atoms with Crippen LogP contribution in [0.5, 0.6) is 0 Å². The standard InChI is InChI=1S/C19H30N2O2/c1-19(2,3)23-18(22)21-17-11-9-16(10-12-17)20-14-13-15-7-5-4-6-8-15/h9-12,15,20H,4-8,13-14H2,1-3H3,(H,21,22). The van der Waals surface area contributed by atoms with Crippen LogP contribution in [0.4, 0.5) is 16.2 Å². The van der Waals surface area contributed by atoms with Gasteiger partial charge in [0.1, 0.15) is 5.60 Å². The van der Waals surface area contributed by atoms with Crippen molar-refractivity contribution in [2.45, 2.75) is 64.9 Å². The number of anilines is 2. The Morgan fingerprint density at radius 1 is 1.09 bits per heavy atom. The Bertz CT molecular complexity index is 485. The van der Waals surface area contributed by atoms with E-state index in [2.05, 4.69) is 10.6 Å². The van der Waals surface area contributed by atoms with E-state index in [0.717, 1.165) is 23.8 Å². The second kappa shape index (κ2) is 8.23. The van der Waals surface area contributed by atoms with E-state index in [1.165, 1.54) is 38.5 Å². The number of hydrogen-bond donors (Lipinski definition) is 2. The molecule has 4 heteroatoms. The van der Waals surface area contributed by atoms with Gasteiger partial charge in [-0.3, -0.25) is 5.32 Å². The lowest BCUT2D eigenvalue weighted by Gasteiger charge is -2.21. The van der Waals surface area contributed by atoms with Crippen LogP contribution in [0, 0.1) is 5.92 Å². The number of rotatable bonds is 5. The quantitative estimate of drug-likeness (QED) is 0.762. The van der Waals surface area contributed by atoms with Gasteiger partial charge >= 0.3 is 6.09 Å². The van der Waals surface area contributed by atoms with Crippen molar-refractivity contribution in [3.8, 4) is 0 Å². The Hall–Kier alpha value is -1.71. The molecule has 0 radical (unpaired) electrons. The van der Waals surface area contributed by atoms with Gasteiger partial charge in [-0.15, -0.1) is 0 Å². The van der Waals surface area contributed by atoms with E-state index in [0.29, 0.717) is 0 Å². The molecule has 0 atom stereocenters. The van der Waals surface area contributed by atoms with Gasteiger partial charge in [0.15, 0.2) is 0 Å². The molecule has 1 aliphatic carbocycles. The Morgan fingerprint density at radius 3 is 2.30 bits per heavy atom. The topological polar surface area (TPSA) is 50.4 Å². The van der Waals surface area contributed by atoms with Crippen LogP contribution in [0.1, 0.15) is 59.3 Å². The van der Waals surface area contributed by atoms with Crippen molar-refractivity contribution in [2.24, 2.45) is 5.92 Å². The highest BCUT2D eigenvalue weighted by Gasteiger charge is 2.16. The molecule has 4 nitrogen and oxygen atoms in total. The highest BCUT2D eigenvalue weighted by atomic mass is 16.6. The highest BCUT2D eigenvalue weighted by molar-refractivity contribution is 5.85. The minimum Gasteiger partial charge on any atom is -0.444 e. The third-order valence-electron chi connectivity index (χ3n) is 4.14. The zero-order valence-corrected chi connectivity index (χ0v) is 14.7. The molecule has 0 saturated heterocycles. The van der Waals surface area contributed by atoms with Crippen molar-refractivity contribution in [1.82, 2.24) is 0 Å². The monoisotopic (exact) mass is 318 g/mol. The van der Waals surface area contributed by atoms with E-state index < -0.39 is 11.7 Å². The minimum atomic E-state index is -0.481. The average molecular weight is 318 g/mol. The molecule has 2 rings (SSSR count). The number of carbonyl (C=O) groups excluding carboxylic acids is 1. The summed E-state index contributed by atoms with van der Waals surface area (Å²) in [5.41, 5.74) is 1.36. The summed E-state index contributed by atoms with van der Waals surface area (Å²) in [4.78, 5) is 11.7. The van der Waals surface area contributed by atoms with Crippen molar-refractivity contribution in [3.05, 3.63) is 24.3 Å². The van der Waals surface area contributed by atoms with Crippen LogP contribution < -0.4 is 10.6 Å². The van der Waals surface area contributed by atoms with Crippen molar-refractivity contribution < 1.29 is 9.53 Å². The molecular weight excluding hydrogens is 288 g/mol. The van der Waals surface area contributed by atoms with Crippen LogP contribution in [0.15, 0.2) is 24.3 Å². The SMILES string of the molecule is CC(C)(C)OC(=O)Nc1ccc(NCCC2CCCCC2)cc1. The third kappa shape index (κ3) is 6.93. The fourth-order valence-electron chi connectivity index (χ4n) is 2.99. The molecule has 1 aromatic rings. The van der Waals surface area contributed by atoms with Crippen molar-refractivity contribution in [2.75, 3.05) is 17.2 Å². The van der Waals surface area contributed by atoms with E-state index in [9.17, 15) is 4.79 Å². The first-order valence-corrected chi connectivity index (χ1v) is 8.76. The van der Waals surface area contributed by atoms with E-state index in [1.807, 2.05) is 45.0 Å². The van der Waals surface area contributed by atoms with Gasteiger partial charge in [0.25, 0.3) is 0 Å². The molecule has 0 aliphatic heterocycles. The molecule has 1 aliphatic rings. The average Bonchev–Trinajstić information content (AvgIpc) is 2.48. The molecule has 2 N–H and O–H groups in total. The number of ether oxygens (including phenoxy) is 1. The van der Waals surface area contributed by atoms with Crippen LogP contribution in [0.25, 0.3) is 0 Å². The van der Waals surface area contributed by atoms with Gasteiger partial charge in [-0.05, 0) is 57.4 Å². The van der Waals surface area contributed by atoms with E-state index in [1.54, 1.807) is 0 Å². The summed E-state index contributed by atoms with van der Waals surface area (Å²) in [5, 5.41) is 6.21. The number of carbonyl (C=O) groups is 1. The summed E-state index contributed by atoms with van der Waals surface area (Å²) in [6.07, 6.45) is 7.82. The maximum Gasteiger partial charge on any atom is 0.412 e. The first-order valence-electron chi connectivity index (χ1n) is 8.76. The molecule has 0 heterocycles. The summed E-state index contributed by atoms with van der Waals surface area (Å²) < 4.78 is 5.24. The number of nitrogens with one attached hydrogen (secondary N) is 2. The molecule has 23 heavy (non-hydrogen) atoms. The highest BCUT2D eigenvalue weighted by Crippen LogP contribution is 2.26. The molecule has 1 amide bonds. The predicted octanol–water partition coefficient (Wildman–Crippen LogP) is 5.42. The third-order valence-corrected chi connectivity index (χ3v) is 4.14. The fraction of sp³-hybridized carbons (Fsp3) is 0.632. The Balaban J connectivity index is 1.72. The second-order valence-electron chi connectivity index (χ2n) is 7.42. The van der Waals surface area contributed by atoms with Gasteiger partial charge in [0.2, 0.25) is 0 Å². The Labute approximate surface area is 140 Å². The summed E-state index contributed by atoms with van der Waals surface area (Å²) in [6, 6.07) is 7.78. The minimum absolute atomic E-state index is 0.421. The van der Waals surface area contributed by atoms with Crippen molar-refractivity contribution in [1.29, 1.82) is 0 Å². The molecule has 0 unspecified atom stereocenters. The largest absolute Gasteiger partial charge is 0.444 e. The van der Waals surface area contributed by atoms with Crippen molar-refractivity contribution in [3.63, 3.8) is 0 Å². The first kappa shape index (κ1) is 17.6. The van der Waals surface area contributed by atoms with Crippen LogP contribution >= 0.6 is 0 Å². The molecule has 128 valence electrons. The smallest absolute Gasteiger partial charge is 0.412 e. The zero-order chi connectivity index (χ0) is 16.7. The van der Waals surface area contributed by atoms with Crippen LogP contribution in [0.2, 0.25) is 0 Å². The fourth-order valence-corrected chi connectivity index (χ4v) is 2.99. The van der Waals surface area contributed by atoms with Gasteiger partial charge in [0, 0.05) is 17.9 Å². The van der Waals surface area contributed by atoms with Gasteiger partial charge < -0.3 is 10.1 Å². The summed E-state index contributed by atoms with van der Waals surface area (Å²) in [6.45, 7) is 6.58. The Kier molecular flexibility index (Phi) is 6.31. The maximum absolute atomic E-state index is 11.7. The van der Waals surface area contributed by atoms with Crippen LogP contribution in [-0.2, 0) is 4.74 Å². The van der Waals surface area contributed by atoms with Gasteiger partial charge in [-0.2, -0.15) is 0 Å². The number of amides is 1. The molecule has 1 saturated carbocycles. The van der Waals surface area contributed by atoms with Crippen molar-refractivity contribution >= 4 is 17.5 Å². The summed E-state index contributed by atoms with van der Waals surface area (Å²) in [5.74, 6) is 0.893. The number of hydrogen-bond acceptors (Lipinski definition) is 3. The van der Waals surface area contributed by atoms with E-state index in [-0.39, 0.29) is 0 Å². The maximum atomic E-state index is 11.7. The number of benzene rings is 1. The Morgan fingerprint density at radius 2 is 1.70 bits per heavy atom. The van der Waals surface area contributed by atoms with Crippen LogP contribution in [-0.4, -0.2) is 18.2 Å².